The van der Waals surface area contributed by atoms with Gasteiger partial charge in [-0.1, -0.05) is 48.7 Å². The Hall–Kier alpha value is -2.47. The number of aromatic nitrogens is 3. The maximum absolute atomic E-state index is 5.89. The van der Waals surface area contributed by atoms with Gasteiger partial charge >= 0.3 is 0 Å². The first kappa shape index (κ1) is 20.8. The minimum Gasteiger partial charge on any atom is -0.497 e. The summed E-state index contributed by atoms with van der Waals surface area (Å²) in [6.45, 7) is 2.72. The van der Waals surface area contributed by atoms with Crippen LogP contribution in [-0.4, -0.2) is 34.2 Å². The van der Waals surface area contributed by atoms with Gasteiger partial charge in [0, 0.05) is 17.4 Å². The molecule has 5 nitrogen and oxygen atoms in total. The molecule has 6 heteroatoms. The Morgan fingerprint density at radius 3 is 2.33 bits per heavy atom. The van der Waals surface area contributed by atoms with E-state index in [-0.39, 0.29) is 0 Å². The van der Waals surface area contributed by atoms with Crippen LogP contribution in [-0.2, 0) is 0 Å². The van der Waals surface area contributed by atoms with Gasteiger partial charge in [0.1, 0.15) is 11.5 Å². The SMILES string of the molecule is COc1ccc(-c2nnc(SCCOc3ccc(C)cc3)n2C2CCCCC2)cc1. The molecule has 1 aliphatic carbocycles. The number of aryl methyl sites for hydroxylation is 1. The third-order valence-electron chi connectivity index (χ3n) is 5.56. The van der Waals surface area contributed by atoms with Gasteiger partial charge in [-0.05, 0) is 56.2 Å². The average Bonchev–Trinajstić information content (AvgIpc) is 3.22. The lowest BCUT2D eigenvalue weighted by Crippen LogP contribution is -2.15. The number of methoxy groups -OCH3 is 1. The summed E-state index contributed by atoms with van der Waals surface area (Å²) in [4.78, 5) is 0. The van der Waals surface area contributed by atoms with Crippen molar-refractivity contribution in [1.82, 2.24) is 14.8 Å². The van der Waals surface area contributed by atoms with E-state index in [0.29, 0.717) is 12.6 Å². The molecular weight excluding hydrogens is 394 g/mol. The second-order valence-electron chi connectivity index (χ2n) is 7.71. The number of thioether (sulfide) groups is 1. The summed E-state index contributed by atoms with van der Waals surface area (Å²) in [6, 6.07) is 16.8. The molecule has 0 amide bonds. The van der Waals surface area contributed by atoms with Crippen molar-refractivity contribution in [3.05, 3.63) is 54.1 Å². The van der Waals surface area contributed by atoms with Gasteiger partial charge < -0.3 is 9.47 Å². The molecule has 1 heterocycles. The fourth-order valence-electron chi connectivity index (χ4n) is 3.91. The van der Waals surface area contributed by atoms with Gasteiger partial charge in [-0.25, -0.2) is 0 Å². The number of ether oxygens (including phenoxy) is 2. The summed E-state index contributed by atoms with van der Waals surface area (Å²) >= 11 is 1.73. The maximum Gasteiger partial charge on any atom is 0.191 e. The van der Waals surface area contributed by atoms with Crippen LogP contribution < -0.4 is 9.47 Å². The van der Waals surface area contributed by atoms with E-state index in [0.717, 1.165) is 33.8 Å². The van der Waals surface area contributed by atoms with E-state index >= 15 is 0 Å². The molecule has 0 unspecified atom stereocenters. The molecule has 158 valence electrons. The van der Waals surface area contributed by atoms with E-state index < -0.39 is 0 Å². The molecule has 0 radical (unpaired) electrons. The van der Waals surface area contributed by atoms with Crippen molar-refractivity contribution in [3.63, 3.8) is 0 Å². The van der Waals surface area contributed by atoms with E-state index in [4.69, 9.17) is 9.47 Å². The van der Waals surface area contributed by atoms with E-state index in [1.807, 2.05) is 24.3 Å². The molecule has 0 aliphatic heterocycles. The zero-order valence-corrected chi connectivity index (χ0v) is 18.5. The van der Waals surface area contributed by atoms with E-state index in [2.05, 4.69) is 46.0 Å². The molecule has 1 fully saturated rings. The predicted molar refractivity (Wildman–Crippen MR) is 122 cm³/mol. The number of hydrogen-bond acceptors (Lipinski definition) is 5. The molecule has 0 N–H and O–H groups in total. The molecular formula is C24H29N3O2S. The van der Waals surface area contributed by atoms with Crippen molar-refractivity contribution in [1.29, 1.82) is 0 Å². The minimum absolute atomic E-state index is 0.464. The van der Waals surface area contributed by atoms with Crippen molar-refractivity contribution in [3.8, 4) is 22.9 Å². The fourth-order valence-corrected chi connectivity index (χ4v) is 4.73. The number of hydrogen-bond donors (Lipinski definition) is 0. The highest BCUT2D eigenvalue weighted by Crippen LogP contribution is 2.35. The summed E-state index contributed by atoms with van der Waals surface area (Å²) in [5.41, 5.74) is 2.32. The lowest BCUT2D eigenvalue weighted by molar-refractivity contribution is 0.336. The largest absolute Gasteiger partial charge is 0.497 e. The molecule has 0 saturated heterocycles. The Morgan fingerprint density at radius 2 is 1.63 bits per heavy atom. The molecule has 0 spiro atoms. The quantitative estimate of drug-likeness (QED) is 0.331. The van der Waals surface area contributed by atoms with Crippen LogP contribution >= 0.6 is 11.8 Å². The zero-order chi connectivity index (χ0) is 20.8. The molecule has 2 aromatic carbocycles. The molecule has 30 heavy (non-hydrogen) atoms. The molecule has 3 aromatic rings. The minimum atomic E-state index is 0.464. The topological polar surface area (TPSA) is 49.2 Å². The third-order valence-corrected chi connectivity index (χ3v) is 6.46. The molecule has 1 saturated carbocycles. The first-order chi connectivity index (χ1) is 14.7. The molecule has 0 atom stereocenters. The van der Waals surface area contributed by atoms with Gasteiger partial charge in [-0.3, -0.25) is 4.57 Å². The van der Waals surface area contributed by atoms with Crippen LogP contribution in [0.5, 0.6) is 11.5 Å². The van der Waals surface area contributed by atoms with Crippen molar-refractivity contribution in [2.24, 2.45) is 0 Å². The van der Waals surface area contributed by atoms with Crippen LogP contribution in [0.25, 0.3) is 11.4 Å². The summed E-state index contributed by atoms with van der Waals surface area (Å²) in [5.74, 6) is 3.55. The molecule has 0 bridgehead atoms. The lowest BCUT2D eigenvalue weighted by atomic mass is 9.95. The fraction of sp³-hybridized carbons (Fsp3) is 0.417. The Labute approximate surface area is 182 Å². The van der Waals surface area contributed by atoms with Gasteiger partial charge in [0.2, 0.25) is 0 Å². The Kier molecular flexibility index (Phi) is 6.95. The maximum atomic E-state index is 5.89. The third kappa shape index (κ3) is 4.98. The van der Waals surface area contributed by atoms with Gasteiger partial charge in [0.25, 0.3) is 0 Å². The van der Waals surface area contributed by atoms with Crippen molar-refractivity contribution in [2.75, 3.05) is 19.5 Å². The average molecular weight is 424 g/mol. The van der Waals surface area contributed by atoms with Crippen LogP contribution in [0.1, 0.15) is 43.7 Å². The highest BCUT2D eigenvalue weighted by Gasteiger charge is 2.23. The van der Waals surface area contributed by atoms with Crippen LogP contribution in [0.15, 0.2) is 53.7 Å². The van der Waals surface area contributed by atoms with E-state index in [1.165, 1.54) is 37.7 Å². The van der Waals surface area contributed by atoms with Crippen molar-refractivity contribution < 1.29 is 9.47 Å². The van der Waals surface area contributed by atoms with Crippen LogP contribution in [0.2, 0.25) is 0 Å². The van der Waals surface area contributed by atoms with Crippen molar-refractivity contribution >= 4 is 11.8 Å². The number of nitrogens with zero attached hydrogens (tertiary/aromatic N) is 3. The predicted octanol–water partition coefficient (Wildman–Crippen LogP) is 5.94. The lowest BCUT2D eigenvalue weighted by Gasteiger charge is -2.25. The summed E-state index contributed by atoms with van der Waals surface area (Å²) in [6.07, 6.45) is 6.24. The van der Waals surface area contributed by atoms with Gasteiger partial charge in [0.05, 0.1) is 13.7 Å². The van der Waals surface area contributed by atoms with Gasteiger partial charge in [-0.2, -0.15) is 0 Å². The first-order valence-corrected chi connectivity index (χ1v) is 11.6. The van der Waals surface area contributed by atoms with Crippen LogP contribution in [0.4, 0.5) is 0 Å². The second-order valence-corrected chi connectivity index (χ2v) is 8.77. The Bertz CT molecular complexity index is 932. The normalized spacial score (nSPS) is 14.6. The smallest absolute Gasteiger partial charge is 0.191 e. The number of benzene rings is 2. The monoisotopic (exact) mass is 423 g/mol. The van der Waals surface area contributed by atoms with Gasteiger partial charge in [-0.15, -0.1) is 10.2 Å². The summed E-state index contributed by atoms with van der Waals surface area (Å²) in [5, 5.41) is 10.1. The summed E-state index contributed by atoms with van der Waals surface area (Å²) < 4.78 is 13.6. The van der Waals surface area contributed by atoms with E-state index in [1.54, 1.807) is 18.9 Å². The van der Waals surface area contributed by atoms with Crippen LogP contribution in [0, 0.1) is 6.92 Å². The second kappa shape index (κ2) is 10.0. The van der Waals surface area contributed by atoms with Crippen LogP contribution in [0.3, 0.4) is 0 Å². The standard InChI is InChI=1S/C24H29N3O2S/c1-18-8-12-22(13-9-18)29-16-17-30-24-26-25-23(19-10-14-21(28-2)15-11-19)27(24)20-6-4-3-5-7-20/h8-15,20H,3-7,16-17H2,1-2H3. The first-order valence-electron chi connectivity index (χ1n) is 10.7. The Balaban J connectivity index is 1.48. The Morgan fingerprint density at radius 1 is 0.933 bits per heavy atom. The zero-order valence-electron chi connectivity index (χ0n) is 17.7. The number of rotatable bonds is 8. The highest BCUT2D eigenvalue weighted by molar-refractivity contribution is 7.99. The van der Waals surface area contributed by atoms with Crippen molar-refractivity contribution in [2.45, 2.75) is 50.2 Å². The molecule has 1 aromatic heterocycles. The highest BCUT2D eigenvalue weighted by atomic mass is 32.2. The summed E-state index contributed by atoms with van der Waals surface area (Å²) in [7, 11) is 1.69. The van der Waals surface area contributed by atoms with E-state index in [9.17, 15) is 0 Å². The van der Waals surface area contributed by atoms with Gasteiger partial charge in [0.15, 0.2) is 11.0 Å². The molecule has 1 aliphatic rings. The molecule has 4 rings (SSSR count).